The quantitative estimate of drug-likeness (QED) is 0.234. The van der Waals surface area contributed by atoms with Gasteiger partial charge in [0.2, 0.25) is 11.7 Å². The first-order chi connectivity index (χ1) is 18.0. The molecule has 0 radical (unpaired) electrons. The second-order valence-electron chi connectivity index (χ2n) is 8.46. The lowest BCUT2D eigenvalue weighted by atomic mass is 10.1. The van der Waals surface area contributed by atoms with Crippen LogP contribution in [0.25, 0.3) is 22.5 Å². The second kappa shape index (κ2) is 10.6. The van der Waals surface area contributed by atoms with E-state index in [0.29, 0.717) is 52.7 Å². The van der Waals surface area contributed by atoms with Gasteiger partial charge < -0.3 is 25.0 Å². The van der Waals surface area contributed by atoms with E-state index in [4.69, 9.17) is 16.1 Å². The number of H-pyrrole nitrogens is 1. The average Bonchev–Trinajstić information content (AvgIpc) is 3.56. The number of hydrogen-bond donors (Lipinski definition) is 3. The van der Waals surface area contributed by atoms with E-state index in [1.807, 2.05) is 6.07 Å². The normalized spacial score (nSPS) is 15.5. The maximum Gasteiger partial charge on any atom is 0.290 e. The Bertz CT molecular complexity index is 1470. The summed E-state index contributed by atoms with van der Waals surface area (Å²) < 4.78 is 5.30. The Balaban J connectivity index is 1.40. The molecule has 3 heterocycles. The number of fused-ring (bicyclic) bond motifs is 4. The number of nitrogens with one attached hydrogen (secondary N) is 3. The van der Waals surface area contributed by atoms with Crippen LogP contribution in [-0.2, 0) is 4.79 Å². The van der Waals surface area contributed by atoms with Gasteiger partial charge in [-0.05, 0) is 37.1 Å². The van der Waals surface area contributed by atoms with Crippen molar-refractivity contribution in [3.05, 3.63) is 76.2 Å². The molecule has 37 heavy (non-hydrogen) atoms. The highest BCUT2D eigenvalue weighted by Crippen LogP contribution is 2.33. The molecule has 1 atom stereocenters. The molecule has 0 aliphatic carbocycles. The van der Waals surface area contributed by atoms with Crippen LogP contribution in [0, 0.1) is 4.91 Å². The second-order valence-corrected chi connectivity index (χ2v) is 8.90. The van der Waals surface area contributed by atoms with Crippen molar-refractivity contribution in [2.45, 2.75) is 31.7 Å². The first kappa shape index (κ1) is 24.2. The van der Waals surface area contributed by atoms with Gasteiger partial charge in [0.05, 0.1) is 23.6 Å². The van der Waals surface area contributed by atoms with Crippen LogP contribution < -0.4 is 15.5 Å². The molecule has 2 amide bonds. The van der Waals surface area contributed by atoms with Crippen LogP contribution in [0.5, 0.6) is 5.75 Å². The molecule has 1 aliphatic rings. The van der Waals surface area contributed by atoms with Gasteiger partial charge in [-0.25, -0.2) is 4.98 Å². The van der Waals surface area contributed by atoms with E-state index in [9.17, 15) is 14.5 Å². The van der Waals surface area contributed by atoms with Crippen LogP contribution in [0.15, 0.2) is 64.6 Å². The number of carbonyl (C=O) groups is 2. The lowest BCUT2D eigenvalue weighted by molar-refractivity contribution is -0.116. The molecule has 11 nitrogen and oxygen atoms in total. The Morgan fingerprint density at radius 1 is 1.19 bits per heavy atom. The molecule has 0 saturated heterocycles. The Labute approximate surface area is 215 Å². The van der Waals surface area contributed by atoms with E-state index < -0.39 is 11.9 Å². The summed E-state index contributed by atoms with van der Waals surface area (Å²) in [5, 5.41) is 12.8. The predicted octanol–water partition coefficient (Wildman–Crippen LogP) is 5.43. The van der Waals surface area contributed by atoms with E-state index in [1.54, 1.807) is 42.6 Å². The average molecular weight is 521 g/mol. The molecule has 0 fully saturated rings. The van der Waals surface area contributed by atoms with Gasteiger partial charge in [0, 0.05) is 34.7 Å². The molecule has 1 aliphatic heterocycles. The van der Waals surface area contributed by atoms with E-state index in [1.165, 1.54) is 6.07 Å². The van der Waals surface area contributed by atoms with E-state index in [0.717, 1.165) is 5.56 Å². The number of imidazole rings is 1. The minimum absolute atomic E-state index is 0.0499. The first-order valence-corrected chi connectivity index (χ1v) is 11.9. The standard InChI is InChI=1S/C25H21ClN6O5/c26-15-5-3-4-14(10-15)19-12-22(37-31-19)25(34)30-18-6-1-2-7-23(33)28-20-11-16(36-32-35)8-9-17(20)21-13-27-24(18)29-21/h3-5,8-13,18H,1-2,6-7H2,(H,27,29)(H,28,33)(H,30,34)/t18-/m0/s1. The summed E-state index contributed by atoms with van der Waals surface area (Å²) >= 11 is 6.06. The highest BCUT2D eigenvalue weighted by Gasteiger charge is 2.23. The molecule has 12 heteroatoms. The van der Waals surface area contributed by atoms with E-state index in [2.05, 4.69) is 35.9 Å². The highest BCUT2D eigenvalue weighted by atomic mass is 35.5. The number of hydrogen-bond acceptors (Lipinski definition) is 8. The van der Waals surface area contributed by atoms with Crippen molar-refractivity contribution in [3.8, 4) is 28.3 Å². The molecule has 0 unspecified atom stereocenters. The molecule has 188 valence electrons. The Hall–Kier alpha value is -4.51. The summed E-state index contributed by atoms with van der Waals surface area (Å²) in [6, 6.07) is 12.9. The predicted molar refractivity (Wildman–Crippen MR) is 135 cm³/mol. The molecule has 2 bridgehead atoms. The van der Waals surface area contributed by atoms with Gasteiger partial charge >= 0.3 is 0 Å². The number of carbonyl (C=O) groups excluding carboxylic acids is 2. The molecule has 3 N–H and O–H groups in total. The van der Waals surface area contributed by atoms with Crippen molar-refractivity contribution < 1.29 is 18.9 Å². The van der Waals surface area contributed by atoms with E-state index >= 15 is 0 Å². The zero-order valence-corrected chi connectivity index (χ0v) is 20.1. The van der Waals surface area contributed by atoms with Gasteiger partial charge in [-0.15, -0.1) is 4.91 Å². The molecule has 0 saturated carbocycles. The molecule has 4 aromatic rings. The van der Waals surface area contributed by atoms with Crippen LogP contribution in [0.1, 0.15) is 48.1 Å². The Kier molecular flexibility index (Phi) is 6.95. The zero-order valence-electron chi connectivity index (χ0n) is 19.4. The molecular formula is C25H21ClN6O5. The summed E-state index contributed by atoms with van der Waals surface area (Å²) in [5.41, 5.74) is 2.91. The van der Waals surface area contributed by atoms with Crippen molar-refractivity contribution in [3.63, 3.8) is 0 Å². The number of nitrogens with zero attached hydrogens (tertiary/aromatic N) is 3. The fraction of sp³-hybridized carbons (Fsp3) is 0.200. The molecule has 2 aromatic carbocycles. The van der Waals surface area contributed by atoms with E-state index in [-0.39, 0.29) is 23.8 Å². The summed E-state index contributed by atoms with van der Waals surface area (Å²) in [6.45, 7) is 0. The van der Waals surface area contributed by atoms with Crippen molar-refractivity contribution in [1.29, 1.82) is 0 Å². The van der Waals surface area contributed by atoms with Gasteiger partial charge in [-0.3, -0.25) is 9.59 Å². The summed E-state index contributed by atoms with van der Waals surface area (Å²) in [6.07, 6.45) is 3.69. The largest absolute Gasteiger partial charge is 0.350 e. The maximum atomic E-state index is 13.0. The number of amides is 2. The van der Waals surface area contributed by atoms with Gasteiger partial charge in [0.15, 0.2) is 11.1 Å². The number of benzene rings is 2. The van der Waals surface area contributed by atoms with Crippen LogP contribution in [0.3, 0.4) is 0 Å². The molecule has 2 aromatic heterocycles. The Morgan fingerprint density at radius 2 is 2.08 bits per heavy atom. The van der Waals surface area contributed by atoms with Crippen molar-refractivity contribution in [2.24, 2.45) is 5.34 Å². The van der Waals surface area contributed by atoms with Gasteiger partial charge in [0.1, 0.15) is 11.5 Å². The van der Waals surface area contributed by atoms with Crippen LogP contribution in [0.2, 0.25) is 5.02 Å². The fourth-order valence-electron chi connectivity index (χ4n) is 4.13. The SMILES string of the molecule is O=NOc1ccc2c(c1)NC(=O)CCCC[C@H](NC(=O)c1cc(-c3cccc(Cl)c3)no1)c1ncc-2[nH]1. The van der Waals surface area contributed by atoms with Crippen molar-refractivity contribution in [2.75, 3.05) is 5.32 Å². The number of rotatable bonds is 5. The molecule has 5 rings (SSSR count). The third-order valence-electron chi connectivity index (χ3n) is 5.93. The third-order valence-corrected chi connectivity index (χ3v) is 6.16. The van der Waals surface area contributed by atoms with Crippen molar-refractivity contribution in [1.82, 2.24) is 20.4 Å². The Morgan fingerprint density at radius 3 is 2.92 bits per heavy atom. The minimum Gasteiger partial charge on any atom is -0.350 e. The van der Waals surface area contributed by atoms with Gasteiger partial charge in [-0.2, -0.15) is 0 Å². The highest BCUT2D eigenvalue weighted by molar-refractivity contribution is 6.30. The van der Waals surface area contributed by atoms with Gasteiger partial charge in [0.25, 0.3) is 5.91 Å². The van der Waals surface area contributed by atoms with Crippen LogP contribution in [0.4, 0.5) is 5.69 Å². The summed E-state index contributed by atoms with van der Waals surface area (Å²) in [5.74, 6) is 0.153. The number of aromatic amines is 1. The first-order valence-electron chi connectivity index (χ1n) is 11.5. The lowest BCUT2D eigenvalue weighted by Crippen LogP contribution is -2.29. The maximum absolute atomic E-state index is 13.0. The number of aromatic nitrogens is 3. The fourth-order valence-corrected chi connectivity index (χ4v) is 4.32. The smallest absolute Gasteiger partial charge is 0.290 e. The van der Waals surface area contributed by atoms with Crippen molar-refractivity contribution >= 4 is 29.1 Å². The summed E-state index contributed by atoms with van der Waals surface area (Å²) in [4.78, 5) is 48.5. The lowest BCUT2D eigenvalue weighted by Gasteiger charge is -2.17. The van der Waals surface area contributed by atoms with Crippen LogP contribution >= 0.6 is 11.6 Å². The summed E-state index contributed by atoms with van der Waals surface area (Å²) in [7, 11) is 0. The number of anilines is 1. The zero-order chi connectivity index (χ0) is 25.8. The minimum atomic E-state index is -0.464. The van der Waals surface area contributed by atoms with Gasteiger partial charge in [-0.1, -0.05) is 35.3 Å². The molecular weight excluding hydrogens is 500 g/mol. The van der Waals surface area contributed by atoms with Crippen LogP contribution in [-0.4, -0.2) is 26.9 Å². The third kappa shape index (κ3) is 5.51. The monoisotopic (exact) mass is 520 g/mol. The molecule has 0 spiro atoms. The topological polar surface area (TPSA) is 152 Å². The number of halogens is 1.